The molecule has 2 heterocycles. The summed E-state index contributed by atoms with van der Waals surface area (Å²) in [6, 6.07) is 6.25. The van der Waals surface area contributed by atoms with Gasteiger partial charge in [-0.1, -0.05) is 6.07 Å². The van der Waals surface area contributed by atoms with E-state index >= 15 is 0 Å². The van der Waals surface area contributed by atoms with Gasteiger partial charge in [-0.05, 0) is 18.5 Å². The fourth-order valence-electron chi connectivity index (χ4n) is 1.64. The lowest BCUT2D eigenvalue weighted by atomic mass is 10.1. The summed E-state index contributed by atoms with van der Waals surface area (Å²) < 4.78 is 5.11. The Morgan fingerprint density at radius 3 is 3.00 bits per heavy atom. The molecule has 0 aromatic carbocycles. The van der Waals surface area contributed by atoms with E-state index in [-0.39, 0.29) is 6.04 Å². The van der Waals surface area contributed by atoms with Crippen LogP contribution in [0.25, 0.3) is 0 Å². The molecule has 1 N–H and O–H groups in total. The predicted molar refractivity (Wildman–Crippen MR) is 68.4 cm³/mol. The maximum Gasteiger partial charge on any atom is 0.216 e. The van der Waals surface area contributed by atoms with E-state index < -0.39 is 0 Å². The van der Waals surface area contributed by atoms with Gasteiger partial charge in [-0.25, -0.2) is 9.97 Å². The van der Waals surface area contributed by atoms with Gasteiger partial charge in [0.05, 0.1) is 18.8 Å². The number of rotatable bonds is 5. The molecule has 0 fully saturated rings. The topological polar surface area (TPSA) is 47.0 Å². The van der Waals surface area contributed by atoms with E-state index in [2.05, 4.69) is 32.8 Å². The molecule has 0 aliphatic heterocycles. The van der Waals surface area contributed by atoms with Gasteiger partial charge in [-0.3, -0.25) is 0 Å². The van der Waals surface area contributed by atoms with E-state index in [9.17, 15) is 0 Å². The number of nitrogens with zero attached hydrogens (tertiary/aromatic N) is 2. The molecule has 0 spiro atoms. The smallest absolute Gasteiger partial charge is 0.216 e. The lowest BCUT2D eigenvalue weighted by molar-refractivity contribution is 0.394. The molecule has 0 saturated carbocycles. The van der Waals surface area contributed by atoms with Crippen molar-refractivity contribution in [3.63, 3.8) is 0 Å². The summed E-state index contributed by atoms with van der Waals surface area (Å²) in [5, 5.41) is 5.35. The first-order chi connectivity index (χ1) is 8.33. The molecular weight excluding hydrogens is 234 g/mol. The molecule has 1 atom stereocenters. The first-order valence-corrected chi connectivity index (χ1v) is 6.27. The Bertz CT molecular complexity index is 459. The minimum Gasteiger partial charge on any atom is -0.481 e. The lowest BCUT2D eigenvalue weighted by Gasteiger charge is -2.14. The molecule has 0 saturated heterocycles. The van der Waals surface area contributed by atoms with Gasteiger partial charge < -0.3 is 10.1 Å². The SMILES string of the molecule is CNC(Cc1cccs1)c1cc(OC)ncn1. The van der Waals surface area contributed by atoms with Crippen LogP contribution in [0.15, 0.2) is 29.9 Å². The Balaban J connectivity index is 2.16. The highest BCUT2D eigenvalue weighted by Gasteiger charge is 2.13. The van der Waals surface area contributed by atoms with Crippen LogP contribution in [0.4, 0.5) is 0 Å². The number of hydrogen-bond donors (Lipinski definition) is 1. The Morgan fingerprint density at radius 1 is 1.47 bits per heavy atom. The molecule has 5 heteroatoms. The van der Waals surface area contributed by atoms with Crippen LogP contribution in [0.3, 0.4) is 0 Å². The van der Waals surface area contributed by atoms with Crippen molar-refractivity contribution in [2.24, 2.45) is 0 Å². The van der Waals surface area contributed by atoms with Crippen LogP contribution < -0.4 is 10.1 Å². The van der Waals surface area contributed by atoms with Gasteiger partial charge >= 0.3 is 0 Å². The molecule has 90 valence electrons. The molecule has 0 aliphatic rings. The Labute approximate surface area is 105 Å². The Morgan fingerprint density at radius 2 is 2.35 bits per heavy atom. The minimum absolute atomic E-state index is 0.186. The van der Waals surface area contributed by atoms with Gasteiger partial charge in [0.15, 0.2) is 0 Å². The second-order valence-electron chi connectivity index (χ2n) is 3.61. The van der Waals surface area contributed by atoms with Crippen molar-refractivity contribution in [1.29, 1.82) is 0 Å². The van der Waals surface area contributed by atoms with Crippen molar-refractivity contribution >= 4 is 11.3 Å². The number of thiophene rings is 1. The summed E-state index contributed by atoms with van der Waals surface area (Å²) >= 11 is 1.76. The summed E-state index contributed by atoms with van der Waals surface area (Å²) in [6.07, 6.45) is 2.46. The minimum atomic E-state index is 0.186. The first kappa shape index (κ1) is 12.0. The molecule has 2 aromatic heterocycles. The van der Waals surface area contributed by atoms with E-state index in [1.165, 1.54) is 11.2 Å². The number of nitrogens with one attached hydrogen (secondary N) is 1. The summed E-state index contributed by atoms with van der Waals surface area (Å²) in [5.41, 5.74) is 0.952. The molecule has 0 radical (unpaired) electrons. The molecule has 4 nitrogen and oxygen atoms in total. The van der Waals surface area contributed by atoms with E-state index in [1.54, 1.807) is 18.4 Å². The highest BCUT2D eigenvalue weighted by molar-refractivity contribution is 7.09. The highest BCUT2D eigenvalue weighted by Crippen LogP contribution is 2.21. The molecule has 0 aliphatic carbocycles. The normalized spacial score (nSPS) is 12.4. The third kappa shape index (κ3) is 3.01. The first-order valence-electron chi connectivity index (χ1n) is 5.39. The number of hydrogen-bond acceptors (Lipinski definition) is 5. The molecule has 2 aromatic rings. The second kappa shape index (κ2) is 5.75. The maximum absolute atomic E-state index is 5.11. The van der Waals surface area contributed by atoms with Crippen molar-refractivity contribution in [1.82, 2.24) is 15.3 Å². The summed E-state index contributed by atoms with van der Waals surface area (Å²) in [6.45, 7) is 0. The standard InChI is InChI=1S/C12H15N3OS/c1-13-10(6-9-4-3-5-17-9)11-7-12(16-2)15-8-14-11/h3-5,7-8,10,13H,6H2,1-2H3. The molecule has 0 bridgehead atoms. The number of aromatic nitrogens is 2. The fourth-order valence-corrected chi connectivity index (χ4v) is 2.39. The van der Waals surface area contributed by atoms with Crippen LogP contribution in [0, 0.1) is 0 Å². The zero-order valence-corrected chi connectivity index (χ0v) is 10.7. The average Bonchev–Trinajstić information content (AvgIpc) is 2.89. The zero-order valence-electron chi connectivity index (χ0n) is 9.88. The van der Waals surface area contributed by atoms with E-state index in [1.807, 2.05) is 13.1 Å². The summed E-state index contributed by atoms with van der Waals surface area (Å²) in [4.78, 5) is 9.64. The van der Waals surface area contributed by atoms with Crippen LogP contribution in [0.1, 0.15) is 16.6 Å². The largest absolute Gasteiger partial charge is 0.481 e. The van der Waals surface area contributed by atoms with E-state index in [4.69, 9.17) is 4.74 Å². The Kier molecular flexibility index (Phi) is 4.06. The van der Waals surface area contributed by atoms with Gasteiger partial charge in [0.2, 0.25) is 5.88 Å². The van der Waals surface area contributed by atoms with E-state index in [0.29, 0.717) is 5.88 Å². The summed E-state index contributed by atoms with van der Waals surface area (Å²) in [7, 11) is 3.55. The number of ether oxygens (including phenoxy) is 1. The van der Waals surface area contributed by atoms with Gasteiger partial charge in [0.25, 0.3) is 0 Å². The monoisotopic (exact) mass is 249 g/mol. The van der Waals surface area contributed by atoms with Gasteiger partial charge in [-0.15, -0.1) is 11.3 Å². The average molecular weight is 249 g/mol. The van der Waals surface area contributed by atoms with Crippen molar-refractivity contribution < 1.29 is 4.74 Å². The molecule has 17 heavy (non-hydrogen) atoms. The van der Waals surface area contributed by atoms with Crippen molar-refractivity contribution in [2.45, 2.75) is 12.5 Å². The number of likely N-dealkylation sites (N-methyl/N-ethyl adjacent to an activating group) is 1. The molecule has 1 unspecified atom stereocenters. The third-order valence-electron chi connectivity index (χ3n) is 2.56. The van der Waals surface area contributed by atoms with Crippen molar-refractivity contribution in [3.8, 4) is 5.88 Å². The number of methoxy groups -OCH3 is 1. The zero-order chi connectivity index (χ0) is 12.1. The molecule has 0 amide bonds. The van der Waals surface area contributed by atoms with Crippen molar-refractivity contribution in [3.05, 3.63) is 40.5 Å². The van der Waals surface area contributed by atoms with Crippen LogP contribution in [0.5, 0.6) is 5.88 Å². The fraction of sp³-hybridized carbons (Fsp3) is 0.333. The molecular formula is C12H15N3OS. The van der Waals surface area contributed by atoms with Gasteiger partial charge in [0.1, 0.15) is 6.33 Å². The maximum atomic E-state index is 5.11. The Hall–Kier alpha value is -1.46. The van der Waals surface area contributed by atoms with Crippen LogP contribution >= 0.6 is 11.3 Å². The highest BCUT2D eigenvalue weighted by atomic mass is 32.1. The quantitative estimate of drug-likeness (QED) is 0.881. The van der Waals surface area contributed by atoms with Crippen LogP contribution in [0.2, 0.25) is 0 Å². The second-order valence-corrected chi connectivity index (χ2v) is 4.64. The predicted octanol–water partition coefficient (Wildman–Crippen LogP) is 2.05. The van der Waals surface area contributed by atoms with Crippen LogP contribution in [-0.2, 0) is 6.42 Å². The van der Waals surface area contributed by atoms with Crippen LogP contribution in [-0.4, -0.2) is 24.1 Å². The molecule has 2 rings (SSSR count). The van der Waals surface area contributed by atoms with E-state index in [0.717, 1.165) is 12.1 Å². The third-order valence-corrected chi connectivity index (χ3v) is 3.46. The lowest BCUT2D eigenvalue weighted by Crippen LogP contribution is -2.19. The van der Waals surface area contributed by atoms with Gasteiger partial charge in [-0.2, -0.15) is 0 Å². The van der Waals surface area contributed by atoms with Crippen molar-refractivity contribution in [2.75, 3.05) is 14.2 Å². The van der Waals surface area contributed by atoms with Gasteiger partial charge in [0, 0.05) is 17.4 Å². The summed E-state index contributed by atoms with van der Waals surface area (Å²) in [5.74, 6) is 0.599.